The maximum atomic E-state index is 11.8. The molecule has 2 heterocycles. The van der Waals surface area contributed by atoms with Gasteiger partial charge in [0, 0.05) is 6.07 Å². The molecule has 1 N–H and O–H groups in total. The van der Waals surface area contributed by atoms with E-state index in [1.807, 2.05) is 36.4 Å². The molecule has 0 bridgehead atoms. The van der Waals surface area contributed by atoms with Gasteiger partial charge in [-0.15, -0.1) is 10.2 Å². The molecule has 24 heavy (non-hydrogen) atoms. The van der Waals surface area contributed by atoms with E-state index in [4.69, 9.17) is 9.15 Å². The number of hydrogen-bond acceptors (Lipinski definition) is 5. The molecule has 0 aliphatic heterocycles. The van der Waals surface area contributed by atoms with E-state index in [0.717, 1.165) is 5.56 Å². The van der Waals surface area contributed by atoms with Crippen LogP contribution in [-0.2, 0) is 11.2 Å². The van der Waals surface area contributed by atoms with Crippen LogP contribution in [0.15, 0.2) is 65.3 Å². The first-order valence-corrected chi connectivity index (χ1v) is 7.62. The van der Waals surface area contributed by atoms with Gasteiger partial charge in [-0.2, -0.15) is 0 Å². The van der Waals surface area contributed by atoms with Gasteiger partial charge in [0.15, 0.2) is 5.76 Å². The molecule has 0 spiro atoms. The Kier molecular flexibility index (Phi) is 5.19. The van der Waals surface area contributed by atoms with Crippen molar-refractivity contribution in [3.8, 4) is 17.3 Å². The molecule has 6 nitrogen and oxygen atoms in total. The molecule has 2 aromatic heterocycles. The maximum Gasteiger partial charge on any atom is 0.233 e. The molecule has 6 heteroatoms. The summed E-state index contributed by atoms with van der Waals surface area (Å²) in [7, 11) is 0. The summed E-state index contributed by atoms with van der Waals surface area (Å²) in [6.07, 6.45) is 1.94. The highest BCUT2D eigenvalue weighted by Crippen LogP contribution is 2.17. The van der Waals surface area contributed by atoms with Crippen molar-refractivity contribution in [2.45, 2.75) is 6.42 Å². The Hall–Kier alpha value is -3.15. The van der Waals surface area contributed by atoms with Gasteiger partial charge in [0.05, 0.1) is 19.2 Å². The first-order valence-electron chi connectivity index (χ1n) is 7.62. The second-order valence-corrected chi connectivity index (χ2v) is 5.09. The molecule has 3 rings (SSSR count). The van der Waals surface area contributed by atoms with Crippen LogP contribution in [0.5, 0.6) is 5.88 Å². The number of rotatable bonds is 7. The Morgan fingerprint density at radius 2 is 1.92 bits per heavy atom. The summed E-state index contributed by atoms with van der Waals surface area (Å²) < 4.78 is 10.7. The van der Waals surface area contributed by atoms with Crippen molar-refractivity contribution in [1.29, 1.82) is 0 Å². The number of carbonyl (C=O) groups excluding carboxylic acids is 1. The zero-order valence-corrected chi connectivity index (χ0v) is 13.0. The zero-order chi connectivity index (χ0) is 16.6. The Bertz CT molecular complexity index is 756. The molecule has 0 radical (unpaired) electrons. The van der Waals surface area contributed by atoms with Gasteiger partial charge < -0.3 is 14.5 Å². The molecule has 0 saturated carbocycles. The lowest BCUT2D eigenvalue weighted by Crippen LogP contribution is -2.29. The van der Waals surface area contributed by atoms with Crippen LogP contribution >= 0.6 is 0 Å². The summed E-state index contributed by atoms with van der Waals surface area (Å²) >= 11 is 0. The SMILES string of the molecule is O=C(Cc1ccccc1)NCCOc1ccc(-c2ccco2)nn1. The Balaban J connectivity index is 1.39. The molecule has 0 atom stereocenters. The van der Waals surface area contributed by atoms with Crippen LogP contribution in [0.2, 0.25) is 0 Å². The molecule has 1 aromatic carbocycles. The summed E-state index contributed by atoms with van der Waals surface area (Å²) in [5.74, 6) is 1.02. The fourth-order valence-corrected chi connectivity index (χ4v) is 2.14. The highest BCUT2D eigenvalue weighted by Gasteiger charge is 2.05. The molecular formula is C18H17N3O3. The largest absolute Gasteiger partial charge is 0.475 e. The van der Waals surface area contributed by atoms with Crippen molar-refractivity contribution in [1.82, 2.24) is 15.5 Å². The molecule has 0 aliphatic rings. The van der Waals surface area contributed by atoms with Gasteiger partial charge >= 0.3 is 0 Å². The lowest BCUT2D eigenvalue weighted by atomic mass is 10.1. The van der Waals surface area contributed by atoms with Crippen LogP contribution in [0.3, 0.4) is 0 Å². The van der Waals surface area contributed by atoms with Crippen molar-refractivity contribution in [2.24, 2.45) is 0 Å². The van der Waals surface area contributed by atoms with E-state index in [9.17, 15) is 4.79 Å². The smallest absolute Gasteiger partial charge is 0.233 e. The van der Waals surface area contributed by atoms with E-state index in [1.165, 1.54) is 0 Å². The van der Waals surface area contributed by atoms with Crippen LogP contribution in [-0.4, -0.2) is 29.3 Å². The number of furan rings is 1. The molecule has 0 unspecified atom stereocenters. The van der Waals surface area contributed by atoms with Gasteiger partial charge in [-0.3, -0.25) is 4.79 Å². The monoisotopic (exact) mass is 323 g/mol. The Labute approximate surface area is 139 Å². The van der Waals surface area contributed by atoms with Crippen LogP contribution < -0.4 is 10.1 Å². The predicted octanol–water partition coefficient (Wildman–Crippen LogP) is 2.47. The summed E-state index contributed by atoms with van der Waals surface area (Å²) in [5.41, 5.74) is 1.62. The number of amides is 1. The highest BCUT2D eigenvalue weighted by molar-refractivity contribution is 5.78. The fourth-order valence-electron chi connectivity index (χ4n) is 2.14. The lowest BCUT2D eigenvalue weighted by molar-refractivity contribution is -0.120. The zero-order valence-electron chi connectivity index (χ0n) is 13.0. The first-order chi connectivity index (χ1) is 11.8. The third kappa shape index (κ3) is 4.42. The highest BCUT2D eigenvalue weighted by atomic mass is 16.5. The number of carbonyl (C=O) groups is 1. The number of hydrogen-bond donors (Lipinski definition) is 1. The summed E-state index contributed by atoms with van der Waals surface area (Å²) in [4.78, 5) is 11.8. The topological polar surface area (TPSA) is 77.2 Å². The van der Waals surface area contributed by atoms with Gasteiger partial charge in [-0.1, -0.05) is 30.3 Å². The minimum atomic E-state index is -0.0379. The normalized spacial score (nSPS) is 10.3. The lowest BCUT2D eigenvalue weighted by Gasteiger charge is -2.07. The second kappa shape index (κ2) is 7.92. The second-order valence-electron chi connectivity index (χ2n) is 5.09. The number of ether oxygens (including phenoxy) is 1. The molecule has 122 valence electrons. The van der Waals surface area contributed by atoms with Crippen LogP contribution in [0.1, 0.15) is 5.56 Å². The van der Waals surface area contributed by atoms with Crippen LogP contribution in [0, 0.1) is 0 Å². The van der Waals surface area contributed by atoms with Crippen molar-refractivity contribution in [3.05, 3.63) is 66.4 Å². The summed E-state index contributed by atoms with van der Waals surface area (Å²) in [6.45, 7) is 0.739. The maximum absolute atomic E-state index is 11.8. The minimum Gasteiger partial charge on any atom is -0.475 e. The molecule has 0 aliphatic carbocycles. The van der Waals surface area contributed by atoms with Crippen molar-refractivity contribution >= 4 is 5.91 Å². The van der Waals surface area contributed by atoms with Gasteiger partial charge in [-0.25, -0.2) is 0 Å². The van der Waals surface area contributed by atoms with Gasteiger partial charge in [0.25, 0.3) is 0 Å². The summed E-state index contributed by atoms with van der Waals surface area (Å²) in [6, 6.07) is 16.7. The van der Waals surface area contributed by atoms with Crippen LogP contribution in [0.25, 0.3) is 11.5 Å². The average molecular weight is 323 g/mol. The van der Waals surface area contributed by atoms with E-state index in [0.29, 0.717) is 36.9 Å². The van der Waals surface area contributed by atoms with Gasteiger partial charge in [0.2, 0.25) is 11.8 Å². The van der Waals surface area contributed by atoms with E-state index < -0.39 is 0 Å². The van der Waals surface area contributed by atoms with Crippen molar-refractivity contribution < 1.29 is 13.9 Å². The van der Waals surface area contributed by atoms with Crippen LogP contribution in [0.4, 0.5) is 0 Å². The third-order valence-electron chi connectivity index (χ3n) is 3.30. The Morgan fingerprint density at radius 3 is 2.62 bits per heavy atom. The fraction of sp³-hybridized carbons (Fsp3) is 0.167. The average Bonchev–Trinajstić information content (AvgIpc) is 3.15. The van der Waals surface area contributed by atoms with Gasteiger partial charge in [-0.05, 0) is 23.8 Å². The number of nitrogens with zero attached hydrogens (tertiary/aromatic N) is 2. The van der Waals surface area contributed by atoms with E-state index >= 15 is 0 Å². The van der Waals surface area contributed by atoms with E-state index in [1.54, 1.807) is 24.5 Å². The quantitative estimate of drug-likeness (QED) is 0.676. The predicted molar refractivity (Wildman–Crippen MR) is 88.4 cm³/mol. The number of benzene rings is 1. The Morgan fingerprint density at radius 1 is 1.04 bits per heavy atom. The van der Waals surface area contributed by atoms with E-state index in [2.05, 4.69) is 15.5 Å². The van der Waals surface area contributed by atoms with E-state index in [-0.39, 0.29) is 5.91 Å². The number of nitrogens with one attached hydrogen (secondary N) is 1. The van der Waals surface area contributed by atoms with Gasteiger partial charge in [0.1, 0.15) is 12.3 Å². The minimum absolute atomic E-state index is 0.0379. The molecule has 3 aromatic rings. The molecule has 1 amide bonds. The number of aromatic nitrogens is 2. The van der Waals surface area contributed by atoms with Crippen molar-refractivity contribution in [3.63, 3.8) is 0 Å². The summed E-state index contributed by atoms with van der Waals surface area (Å²) in [5, 5.41) is 10.8. The third-order valence-corrected chi connectivity index (χ3v) is 3.30. The molecule has 0 saturated heterocycles. The standard InChI is InChI=1S/C18H17N3O3/c22-17(13-14-5-2-1-3-6-14)19-10-12-24-18-9-8-15(20-21-18)16-7-4-11-23-16/h1-9,11H,10,12-13H2,(H,19,22). The molecular weight excluding hydrogens is 306 g/mol. The molecule has 0 fully saturated rings. The van der Waals surface area contributed by atoms with Crippen molar-refractivity contribution in [2.75, 3.05) is 13.2 Å². The first kappa shape index (κ1) is 15.7.